The summed E-state index contributed by atoms with van der Waals surface area (Å²) in [5.41, 5.74) is 0.468. The number of carboxylic acids is 1. The minimum atomic E-state index is -0.922. The van der Waals surface area contributed by atoms with Gasteiger partial charge in [0.25, 0.3) is 0 Å². The van der Waals surface area contributed by atoms with Crippen LogP contribution in [-0.2, 0) is 4.79 Å². The molecule has 7 heteroatoms. The summed E-state index contributed by atoms with van der Waals surface area (Å²) in [6.07, 6.45) is 1.73. The zero-order chi connectivity index (χ0) is 15.4. The lowest BCUT2D eigenvalue weighted by Gasteiger charge is -2.22. The first-order chi connectivity index (χ1) is 10.0. The second kappa shape index (κ2) is 6.67. The fraction of sp³-hybridized carbons (Fsp3) is 0.429. The van der Waals surface area contributed by atoms with Crippen LogP contribution in [0.1, 0.15) is 19.3 Å². The number of nitrogens with zero attached hydrogens (tertiary/aromatic N) is 1. The molecule has 1 saturated carbocycles. The molecule has 6 nitrogen and oxygen atoms in total. The number of carbonyl (C=O) groups is 2. The maximum Gasteiger partial charge on any atom is 0.322 e. The van der Waals surface area contributed by atoms with Crippen molar-refractivity contribution in [1.82, 2.24) is 4.90 Å². The average molecular weight is 313 g/mol. The Kier molecular flexibility index (Phi) is 4.90. The number of aliphatic carboxylic acids is 1. The molecule has 1 aliphatic carbocycles. The highest BCUT2D eigenvalue weighted by molar-refractivity contribution is 6.31. The number of amides is 2. The van der Waals surface area contributed by atoms with Crippen molar-refractivity contribution in [3.8, 4) is 5.75 Å². The summed E-state index contributed by atoms with van der Waals surface area (Å²) >= 11 is 5.92. The first-order valence-electron chi connectivity index (χ1n) is 6.64. The molecule has 0 spiro atoms. The van der Waals surface area contributed by atoms with Gasteiger partial charge in [0.05, 0.1) is 19.2 Å². The molecule has 1 fully saturated rings. The minimum absolute atomic E-state index is 0.0728. The quantitative estimate of drug-likeness (QED) is 0.846. The normalized spacial score (nSPS) is 13.6. The van der Waals surface area contributed by atoms with Crippen molar-refractivity contribution in [2.75, 3.05) is 19.0 Å². The van der Waals surface area contributed by atoms with Crippen LogP contribution in [0.25, 0.3) is 0 Å². The Hall–Kier alpha value is -1.95. The molecule has 2 rings (SSSR count). The third-order valence-corrected chi connectivity index (χ3v) is 3.45. The van der Waals surface area contributed by atoms with Crippen LogP contribution in [0.15, 0.2) is 18.2 Å². The van der Waals surface area contributed by atoms with Gasteiger partial charge in [-0.2, -0.15) is 0 Å². The highest BCUT2D eigenvalue weighted by atomic mass is 35.5. The Bertz CT molecular complexity index is 546. The SMILES string of the molecule is COc1ccc(Cl)cc1NC(=O)N(CCC(=O)O)C1CC1. The predicted octanol–water partition coefficient (Wildman–Crippen LogP) is 2.82. The second-order valence-corrected chi connectivity index (χ2v) is 5.28. The monoisotopic (exact) mass is 312 g/mol. The van der Waals surface area contributed by atoms with E-state index in [1.807, 2.05) is 0 Å². The van der Waals surface area contributed by atoms with Crippen LogP contribution < -0.4 is 10.1 Å². The average Bonchev–Trinajstić information content (AvgIpc) is 3.23. The second-order valence-electron chi connectivity index (χ2n) is 4.84. The van der Waals surface area contributed by atoms with E-state index in [1.54, 1.807) is 23.1 Å². The van der Waals surface area contributed by atoms with Crippen molar-refractivity contribution in [3.63, 3.8) is 0 Å². The van der Waals surface area contributed by atoms with Gasteiger partial charge in [-0.3, -0.25) is 4.79 Å². The molecule has 0 aromatic heterocycles. The molecule has 0 saturated heterocycles. The number of hydrogen-bond donors (Lipinski definition) is 2. The summed E-state index contributed by atoms with van der Waals surface area (Å²) in [5, 5.41) is 12.0. The van der Waals surface area contributed by atoms with Gasteiger partial charge in [-0.25, -0.2) is 4.79 Å². The molecule has 0 aliphatic heterocycles. The minimum Gasteiger partial charge on any atom is -0.495 e. The summed E-state index contributed by atoms with van der Waals surface area (Å²) in [6, 6.07) is 4.71. The van der Waals surface area contributed by atoms with E-state index in [4.69, 9.17) is 21.4 Å². The number of carboxylic acid groups (broad SMARTS) is 1. The van der Waals surface area contributed by atoms with E-state index >= 15 is 0 Å². The topological polar surface area (TPSA) is 78.9 Å². The fourth-order valence-electron chi connectivity index (χ4n) is 2.02. The van der Waals surface area contributed by atoms with Crippen molar-refractivity contribution in [2.24, 2.45) is 0 Å². The molecular weight excluding hydrogens is 296 g/mol. The summed E-state index contributed by atoms with van der Waals surface area (Å²) < 4.78 is 5.17. The van der Waals surface area contributed by atoms with E-state index < -0.39 is 5.97 Å². The van der Waals surface area contributed by atoms with Crippen molar-refractivity contribution in [2.45, 2.75) is 25.3 Å². The molecular formula is C14H17ClN2O4. The molecule has 114 valence electrons. The Morgan fingerprint density at radius 1 is 1.48 bits per heavy atom. The van der Waals surface area contributed by atoms with Crippen LogP contribution in [0, 0.1) is 0 Å². The third-order valence-electron chi connectivity index (χ3n) is 3.22. The highest BCUT2D eigenvalue weighted by Crippen LogP contribution is 2.30. The lowest BCUT2D eigenvalue weighted by atomic mass is 10.3. The first kappa shape index (κ1) is 15.4. The van der Waals surface area contributed by atoms with Crippen molar-refractivity contribution >= 4 is 29.3 Å². The Morgan fingerprint density at radius 3 is 2.76 bits per heavy atom. The van der Waals surface area contributed by atoms with Gasteiger partial charge < -0.3 is 20.1 Å². The zero-order valence-electron chi connectivity index (χ0n) is 11.6. The molecule has 1 aliphatic rings. The number of benzene rings is 1. The number of carbonyl (C=O) groups excluding carboxylic acids is 1. The number of halogens is 1. The van der Waals surface area contributed by atoms with Crippen molar-refractivity contribution in [3.05, 3.63) is 23.2 Å². The van der Waals surface area contributed by atoms with E-state index in [9.17, 15) is 9.59 Å². The van der Waals surface area contributed by atoms with Gasteiger partial charge in [-0.15, -0.1) is 0 Å². The van der Waals surface area contributed by atoms with Gasteiger partial charge in [0.15, 0.2) is 0 Å². The molecule has 0 atom stereocenters. The molecule has 0 radical (unpaired) electrons. The molecule has 0 bridgehead atoms. The Balaban J connectivity index is 2.07. The van der Waals surface area contributed by atoms with Crippen LogP contribution in [0.2, 0.25) is 5.02 Å². The van der Waals surface area contributed by atoms with E-state index in [2.05, 4.69) is 5.32 Å². The number of urea groups is 1. The van der Waals surface area contributed by atoms with Gasteiger partial charge in [-0.05, 0) is 31.0 Å². The first-order valence-corrected chi connectivity index (χ1v) is 7.02. The van der Waals surface area contributed by atoms with E-state index in [-0.39, 0.29) is 25.0 Å². The third kappa shape index (κ3) is 4.26. The predicted molar refractivity (Wildman–Crippen MR) is 79.0 cm³/mol. The van der Waals surface area contributed by atoms with Crippen LogP contribution >= 0.6 is 11.6 Å². The number of methoxy groups -OCH3 is 1. The summed E-state index contributed by atoms with van der Waals surface area (Å²) in [7, 11) is 1.50. The van der Waals surface area contributed by atoms with E-state index in [0.29, 0.717) is 16.5 Å². The van der Waals surface area contributed by atoms with Gasteiger partial charge in [0.2, 0.25) is 0 Å². The molecule has 1 aromatic carbocycles. The molecule has 1 aromatic rings. The standard InChI is InChI=1S/C14H17ClN2O4/c1-21-12-5-2-9(15)8-11(12)16-14(20)17(10-3-4-10)7-6-13(18)19/h2,5,8,10H,3-4,6-7H2,1H3,(H,16,20)(H,18,19). The number of anilines is 1. The fourth-order valence-corrected chi connectivity index (χ4v) is 2.19. The maximum absolute atomic E-state index is 12.3. The molecule has 0 unspecified atom stereocenters. The van der Waals surface area contributed by atoms with Gasteiger partial charge in [-0.1, -0.05) is 11.6 Å². The summed E-state index contributed by atoms with van der Waals surface area (Å²) in [5.74, 6) is -0.421. The van der Waals surface area contributed by atoms with Gasteiger partial charge in [0, 0.05) is 17.6 Å². The zero-order valence-corrected chi connectivity index (χ0v) is 12.4. The molecule has 2 amide bonds. The molecule has 2 N–H and O–H groups in total. The number of nitrogens with one attached hydrogen (secondary N) is 1. The van der Waals surface area contributed by atoms with E-state index in [1.165, 1.54) is 7.11 Å². The molecule has 0 heterocycles. The van der Waals surface area contributed by atoms with Crippen molar-refractivity contribution in [1.29, 1.82) is 0 Å². The van der Waals surface area contributed by atoms with Crippen LogP contribution in [0.5, 0.6) is 5.75 Å². The lowest BCUT2D eigenvalue weighted by Crippen LogP contribution is -2.38. The lowest BCUT2D eigenvalue weighted by molar-refractivity contribution is -0.137. The van der Waals surface area contributed by atoms with E-state index in [0.717, 1.165) is 12.8 Å². The summed E-state index contributed by atoms with van der Waals surface area (Å²) in [6.45, 7) is 0.189. The van der Waals surface area contributed by atoms with Crippen LogP contribution in [0.4, 0.5) is 10.5 Å². The van der Waals surface area contributed by atoms with Crippen molar-refractivity contribution < 1.29 is 19.4 Å². The largest absolute Gasteiger partial charge is 0.495 e. The van der Waals surface area contributed by atoms with Crippen LogP contribution in [-0.4, -0.2) is 41.7 Å². The van der Waals surface area contributed by atoms with Crippen LogP contribution in [0.3, 0.4) is 0 Å². The smallest absolute Gasteiger partial charge is 0.322 e. The maximum atomic E-state index is 12.3. The summed E-state index contributed by atoms with van der Waals surface area (Å²) in [4.78, 5) is 24.5. The highest BCUT2D eigenvalue weighted by Gasteiger charge is 2.33. The molecule has 21 heavy (non-hydrogen) atoms. The number of ether oxygens (including phenoxy) is 1. The number of rotatable bonds is 6. The van der Waals surface area contributed by atoms with Gasteiger partial charge >= 0.3 is 12.0 Å². The Labute approximate surface area is 127 Å². The van der Waals surface area contributed by atoms with Gasteiger partial charge in [0.1, 0.15) is 5.75 Å². The Morgan fingerprint density at radius 2 is 2.19 bits per heavy atom. The number of hydrogen-bond acceptors (Lipinski definition) is 3.